The van der Waals surface area contributed by atoms with E-state index in [1.165, 1.54) is 5.56 Å². The Balaban J connectivity index is 2.13. The van der Waals surface area contributed by atoms with Gasteiger partial charge in [0.05, 0.1) is 0 Å². The summed E-state index contributed by atoms with van der Waals surface area (Å²) in [6, 6.07) is 14.1. The van der Waals surface area contributed by atoms with Crippen molar-refractivity contribution in [2.45, 2.75) is 12.4 Å². The molecule has 0 saturated carbocycles. The van der Waals surface area contributed by atoms with Crippen LogP contribution in [0.2, 0.25) is 5.02 Å². The second-order valence-electron chi connectivity index (χ2n) is 4.39. The van der Waals surface area contributed by atoms with Crippen LogP contribution in [0.5, 0.6) is 0 Å². The summed E-state index contributed by atoms with van der Waals surface area (Å²) in [6.45, 7) is 0.837. The lowest BCUT2D eigenvalue weighted by Gasteiger charge is -2.20. The lowest BCUT2D eigenvalue weighted by molar-refractivity contribution is 0.922. The van der Waals surface area contributed by atoms with E-state index in [1.807, 2.05) is 30.3 Å². The van der Waals surface area contributed by atoms with Gasteiger partial charge in [-0.05, 0) is 35.4 Å². The van der Waals surface area contributed by atoms with Crippen molar-refractivity contribution in [3.63, 3.8) is 0 Å². The third-order valence-corrected chi connectivity index (χ3v) is 4.23. The summed E-state index contributed by atoms with van der Waals surface area (Å²) in [7, 11) is 2.07. The molecule has 0 N–H and O–H groups in total. The van der Waals surface area contributed by atoms with Gasteiger partial charge in [0, 0.05) is 34.7 Å². The van der Waals surface area contributed by atoms with E-state index in [4.69, 9.17) is 23.2 Å². The first-order valence-electron chi connectivity index (χ1n) is 5.90. The number of rotatable bonds is 4. The maximum Gasteiger partial charge on any atom is 0.0485 e. The van der Waals surface area contributed by atoms with Crippen LogP contribution in [0.3, 0.4) is 0 Å². The normalized spacial score (nSPS) is 10.5. The molecule has 0 amide bonds. The average molecular weight is 359 g/mol. The van der Waals surface area contributed by atoms with Crippen LogP contribution in [0.25, 0.3) is 0 Å². The first-order valence-corrected chi connectivity index (χ1v) is 7.60. The minimum Gasteiger partial charge on any atom is -0.370 e. The van der Waals surface area contributed by atoms with Crippen molar-refractivity contribution in [2.24, 2.45) is 0 Å². The van der Waals surface area contributed by atoms with Crippen LogP contribution in [0.1, 0.15) is 11.1 Å². The van der Waals surface area contributed by atoms with Crippen LogP contribution in [0, 0.1) is 0 Å². The van der Waals surface area contributed by atoms with Gasteiger partial charge in [-0.1, -0.05) is 45.7 Å². The van der Waals surface area contributed by atoms with Crippen LogP contribution >= 0.6 is 39.1 Å². The molecule has 0 spiro atoms. The Hall–Kier alpha value is -0.700. The lowest BCUT2D eigenvalue weighted by Crippen LogP contribution is -2.16. The van der Waals surface area contributed by atoms with E-state index < -0.39 is 0 Å². The van der Waals surface area contributed by atoms with Gasteiger partial charge >= 0.3 is 0 Å². The van der Waals surface area contributed by atoms with Crippen molar-refractivity contribution in [1.82, 2.24) is 0 Å². The van der Waals surface area contributed by atoms with Gasteiger partial charge in [0.15, 0.2) is 0 Å². The van der Waals surface area contributed by atoms with E-state index in [1.54, 1.807) is 0 Å². The minimum absolute atomic E-state index is 0.516. The fourth-order valence-electron chi connectivity index (χ4n) is 1.84. The molecule has 0 radical (unpaired) electrons. The predicted molar refractivity (Wildman–Crippen MR) is 87.3 cm³/mol. The van der Waals surface area contributed by atoms with E-state index in [9.17, 15) is 0 Å². The molecule has 0 aliphatic carbocycles. The van der Waals surface area contributed by atoms with Gasteiger partial charge < -0.3 is 4.90 Å². The van der Waals surface area contributed by atoms with Crippen molar-refractivity contribution in [1.29, 1.82) is 0 Å². The molecular weight excluding hydrogens is 345 g/mol. The van der Waals surface area contributed by atoms with Crippen molar-refractivity contribution >= 4 is 44.8 Å². The third-order valence-electron chi connectivity index (χ3n) is 2.95. The molecule has 0 saturated heterocycles. The fourth-order valence-corrected chi connectivity index (χ4v) is 2.86. The number of nitrogens with zero attached hydrogens (tertiary/aromatic N) is 1. The molecule has 19 heavy (non-hydrogen) atoms. The number of anilines is 1. The van der Waals surface area contributed by atoms with Crippen LogP contribution < -0.4 is 4.90 Å². The van der Waals surface area contributed by atoms with Gasteiger partial charge in [-0.15, -0.1) is 11.6 Å². The number of halogens is 3. The van der Waals surface area contributed by atoms with Crippen molar-refractivity contribution in [2.75, 3.05) is 11.9 Å². The molecule has 0 bridgehead atoms. The van der Waals surface area contributed by atoms with Crippen molar-refractivity contribution < 1.29 is 0 Å². The topological polar surface area (TPSA) is 3.24 Å². The molecule has 0 fully saturated rings. The summed E-state index contributed by atoms with van der Waals surface area (Å²) >= 11 is 15.3. The fraction of sp³-hybridized carbons (Fsp3) is 0.200. The third kappa shape index (κ3) is 3.88. The van der Waals surface area contributed by atoms with E-state index in [-0.39, 0.29) is 0 Å². The van der Waals surface area contributed by atoms with Crippen molar-refractivity contribution in [3.8, 4) is 0 Å². The Labute approximate surface area is 132 Å². The zero-order valence-corrected chi connectivity index (χ0v) is 13.6. The molecule has 0 aliphatic rings. The molecule has 0 atom stereocenters. The number of hydrogen-bond acceptors (Lipinski definition) is 1. The summed E-state index contributed by atoms with van der Waals surface area (Å²) in [4.78, 5) is 2.19. The largest absolute Gasteiger partial charge is 0.370 e. The highest BCUT2D eigenvalue weighted by Crippen LogP contribution is 2.25. The summed E-state index contributed by atoms with van der Waals surface area (Å²) in [5.74, 6) is 0.516. The highest BCUT2D eigenvalue weighted by Gasteiger charge is 2.05. The molecule has 0 aliphatic heterocycles. The first kappa shape index (κ1) is 14.7. The highest BCUT2D eigenvalue weighted by atomic mass is 79.9. The summed E-state index contributed by atoms with van der Waals surface area (Å²) in [6.07, 6.45) is 0. The van der Waals surface area contributed by atoms with Gasteiger partial charge in [-0.2, -0.15) is 0 Å². The van der Waals surface area contributed by atoms with E-state index in [2.05, 4.69) is 40.0 Å². The summed E-state index contributed by atoms with van der Waals surface area (Å²) in [5, 5.41) is 0.764. The Morgan fingerprint density at radius 3 is 2.37 bits per heavy atom. The van der Waals surface area contributed by atoms with Gasteiger partial charge in [-0.3, -0.25) is 0 Å². The molecule has 100 valence electrons. The highest BCUT2D eigenvalue weighted by molar-refractivity contribution is 9.10. The molecule has 2 aromatic rings. The molecule has 0 unspecified atom stereocenters. The zero-order chi connectivity index (χ0) is 13.8. The van der Waals surface area contributed by atoms with E-state index in [0.717, 1.165) is 27.3 Å². The Kier molecular flexibility index (Phi) is 5.14. The predicted octanol–water partition coefficient (Wildman–Crippen LogP) is 5.48. The maximum absolute atomic E-state index is 5.89. The smallest absolute Gasteiger partial charge is 0.0485 e. The Morgan fingerprint density at radius 2 is 1.79 bits per heavy atom. The Morgan fingerprint density at radius 1 is 1.11 bits per heavy atom. The second-order valence-corrected chi connectivity index (χ2v) is 5.95. The van der Waals surface area contributed by atoms with Crippen LogP contribution in [0.15, 0.2) is 46.9 Å². The molecule has 1 nitrogen and oxygen atoms in total. The van der Waals surface area contributed by atoms with E-state index in [0.29, 0.717) is 5.88 Å². The van der Waals surface area contributed by atoms with Crippen LogP contribution in [0.4, 0.5) is 5.69 Å². The van der Waals surface area contributed by atoms with Gasteiger partial charge in [0.25, 0.3) is 0 Å². The van der Waals surface area contributed by atoms with Crippen LogP contribution in [-0.4, -0.2) is 7.05 Å². The standard InChI is InChI=1S/C15H14BrCl2N/c1-19(10-11-2-5-13(18)6-3-11)14-7-4-12(9-17)15(16)8-14/h2-8H,9-10H2,1H3. The molecular formula is C15H14BrCl2N. The maximum atomic E-state index is 5.89. The number of benzene rings is 2. The number of alkyl halides is 1. The summed E-state index contributed by atoms with van der Waals surface area (Å²) in [5.41, 5.74) is 3.48. The SMILES string of the molecule is CN(Cc1ccc(Cl)cc1)c1ccc(CCl)c(Br)c1. The van der Waals surface area contributed by atoms with Gasteiger partial charge in [0.2, 0.25) is 0 Å². The second kappa shape index (κ2) is 6.65. The average Bonchev–Trinajstić information content (AvgIpc) is 2.41. The summed E-state index contributed by atoms with van der Waals surface area (Å²) < 4.78 is 1.04. The Bertz CT molecular complexity index is 555. The molecule has 0 heterocycles. The molecule has 2 aromatic carbocycles. The minimum atomic E-state index is 0.516. The first-order chi connectivity index (χ1) is 9.10. The molecule has 2 rings (SSSR count). The van der Waals surface area contributed by atoms with E-state index >= 15 is 0 Å². The zero-order valence-electron chi connectivity index (χ0n) is 10.5. The molecule has 0 aromatic heterocycles. The monoisotopic (exact) mass is 357 g/mol. The van der Waals surface area contributed by atoms with Crippen molar-refractivity contribution in [3.05, 3.63) is 63.1 Å². The number of hydrogen-bond donors (Lipinski definition) is 0. The molecule has 4 heteroatoms. The quantitative estimate of drug-likeness (QED) is 0.654. The van der Waals surface area contributed by atoms with Crippen LogP contribution in [-0.2, 0) is 12.4 Å². The lowest BCUT2D eigenvalue weighted by atomic mass is 10.2. The van der Waals surface area contributed by atoms with Gasteiger partial charge in [0.1, 0.15) is 0 Å². The van der Waals surface area contributed by atoms with Gasteiger partial charge in [-0.25, -0.2) is 0 Å².